The minimum atomic E-state index is -4.29. The van der Waals surface area contributed by atoms with Gasteiger partial charge in [-0.1, -0.05) is 12.1 Å². The zero-order valence-corrected chi connectivity index (χ0v) is 14.1. The maximum Gasteiger partial charge on any atom is 0.446 e. The van der Waals surface area contributed by atoms with Crippen LogP contribution in [0.2, 0.25) is 0 Å². The zero-order chi connectivity index (χ0) is 17.2. The minimum absolute atomic E-state index is 0.00733. The van der Waals surface area contributed by atoms with Crippen LogP contribution >= 0.6 is 11.8 Å². The van der Waals surface area contributed by atoms with Crippen LogP contribution in [0.3, 0.4) is 0 Å². The van der Waals surface area contributed by atoms with Crippen LogP contribution in [0.1, 0.15) is 31.2 Å². The number of rotatable bonds is 5. The molecule has 1 amide bonds. The molecule has 7 heteroatoms. The number of halogens is 3. The van der Waals surface area contributed by atoms with Crippen LogP contribution in [0.15, 0.2) is 29.2 Å². The van der Waals surface area contributed by atoms with Gasteiger partial charge in [-0.25, -0.2) is 0 Å². The summed E-state index contributed by atoms with van der Waals surface area (Å²) in [6.07, 6.45) is 3.86. The summed E-state index contributed by atoms with van der Waals surface area (Å²) in [5, 5.41) is 3.25. The van der Waals surface area contributed by atoms with Crippen LogP contribution in [0.4, 0.5) is 13.2 Å². The van der Waals surface area contributed by atoms with Gasteiger partial charge in [0.15, 0.2) is 0 Å². The number of carbonyl (C=O) groups is 1. The quantitative estimate of drug-likeness (QED) is 0.813. The van der Waals surface area contributed by atoms with Gasteiger partial charge < -0.3 is 10.2 Å². The molecule has 1 aromatic carbocycles. The van der Waals surface area contributed by atoms with Gasteiger partial charge in [0.25, 0.3) is 0 Å². The van der Waals surface area contributed by atoms with Gasteiger partial charge in [0.05, 0.1) is 5.92 Å². The maximum absolute atomic E-state index is 12.8. The summed E-state index contributed by atoms with van der Waals surface area (Å²) < 4.78 is 37.6. The number of hydrogen-bond donors (Lipinski definition) is 1. The van der Waals surface area contributed by atoms with Gasteiger partial charge in [0.2, 0.25) is 5.91 Å². The third-order valence-corrected chi connectivity index (χ3v) is 5.12. The molecule has 1 aliphatic carbocycles. The zero-order valence-electron chi connectivity index (χ0n) is 13.3. The molecule has 3 nitrogen and oxygen atoms in total. The first-order valence-corrected chi connectivity index (χ1v) is 9.10. The molecule has 1 aliphatic heterocycles. The molecule has 1 saturated heterocycles. The van der Waals surface area contributed by atoms with Gasteiger partial charge >= 0.3 is 5.51 Å². The molecule has 1 saturated carbocycles. The van der Waals surface area contributed by atoms with Crippen LogP contribution in [0, 0.1) is 5.92 Å². The first-order valence-electron chi connectivity index (χ1n) is 8.28. The van der Waals surface area contributed by atoms with Crippen LogP contribution in [0.25, 0.3) is 0 Å². The summed E-state index contributed by atoms with van der Waals surface area (Å²) in [5.41, 5.74) is -3.54. The van der Waals surface area contributed by atoms with Crippen molar-refractivity contribution in [2.75, 3.05) is 13.1 Å². The van der Waals surface area contributed by atoms with Crippen LogP contribution in [-0.2, 0) is 11.3 Å². The van der Waals surface area contributed by atoms with Crippen LogP contribution in [-0.4, -0.2) is 35.4 Å². The van der Waals surface area contributed by atoms with E-state index in [4.69, 9.17) is 0 Å². The summed E-state index contributed by atoms with van der Waals surface area (Å²) in [5.74, 6) is 0.130. The summed E-state index contributed by atoms with van der Waals surface area (Å²) in [7, 11) is 0. The highest BCUT2D eigenvalue weighted by molar-refractivity contribution is 8.00. The standard InChI is InChI=1S/C17H21F3N2OS/c18-17(19,20)24-15-5-1-3-12(9-15)11-22(14-6-7-14)16(23)13-4-2-8-21-10-13/h1,3,5,9,13-14,21H,2,4,6-8,10-11H2. The molecule has 1 N–H and O–H groups in total. The molecule has 2 fully saturated rings. The number of carbonyl (C=O) groups excluding carboxylic acids is 1. The molecule has 0 spiro atoms. The number of hydrogen-bond acceptors (Lipinski definition) is 3. The van der Waals surface area contributed by atoms with Crippen molar-refractivity contribution in [3.63, 3.8) is 0 Å². The highest BCUT2D eigenvalue weighted by Crippen LogP contribution is 2.37. The summed E-state index contributed by atoms with van der Waals surface area (Å²) in [6.45, 7) is 2.04. The van der Waals surface area contributed by atoms with E-state index in [-0.39, 0.29) is 34.5 Å². The number of piperidine rings is 1. The molecule has 1 aromatic rings. The second-order valence-electron chi connectivity index (χ2n) is 6.44. The fraction of sp³-hybridized carbons (Fsp3) is 0.588. The van der Waals surface area contributed by atoms with Gasteiger partial charge in [-0.3, -0.25) is 4.79 Å². The number of benzene rings is 1. The predicted molar refractivity (Wildman–Crippen MR) is 87.5 cm³/mol. The van der Waals surface area contributed by atoms with E-state index in [1.807, 2.05) is 4.90 Å². The van der Waals surface area contributed by atoms with E-state index in [0.29, 0.717) is 13.1 Å². The Kier molecular flexibility index (Phi) is 5.39. The normalized spacial score (nSPS) is 21.5. The summed E-state index contributed by atoms with van der Waals surface area (Å²) in [6, 6.07) is 6.66. The molecule has 24 heavy (non-hydrogen) atoms. The molecule has 2 aliphatic rings. The fourth-order valence-corrected chi connectivity index (χ4v) is 3.73. The van der Waals surface area contributed by atoms with E-state index in [9.17, 15) is 18.0 Å². The lowest BCUT2D eigenvalue weighted by Gasteiger charge is -2.30. The molecule has 1 unspecified atom stereocenters. The van der Waals surface area contributed by atoms with Crippen molar-refractivity contribution in [2.24, 2.45) is 5.92 Å². The number of nitrogens with one attached hydrogen (secondary N) is 1. The molecule has 0 aromatic heterocycles. The number of nitrogens with zero attached hydrogens (tertiary/aromatic N) is 1. The van der Waals surface area contributed by atoms with Crippen molar-refractivity contribution in [3.05, 3.63) is 29.8 Å². The first-order chi connectivity index (χ1) is 11.4. The third-order valence-electron chi connectivity index (χ3n) is 4.40. The van der Waals surface area contributed by atoms with E-state index >= 15 is 0 Å². The second kappa shape index (κ2) is 7.35. The average Bonchev–Trinajstić information content (AvgIpc) is 3.36. The van der Waals surface area contributed by atoms with Gasteiger partial charge in [0, 0.05) is 24.0 Å². The lowest BCUT2D eigenvalue weighted by molar-refractivity contribution is -0.137. The fourth-order valence-electron chi connectivity index (χ4n) is 3.11. The van der Waals surface area contributed by atoms with Gasteiger partial charge in [-0.05, 0) is 61.7 Å². The second-order valence-corrected chi connectivity index (χ2v) is 7.57. The Morgan fingerprint density at radius 1 is 1.29 bits per heavy atom. The molecule has 132 valence electrons. The molecule has 3 rings (SSSR count). The largest absolute Gasteiger partial charge is 0.446 e. The van der Waals surface area contributed by atoms with Crippen molar-refractivity contribution in [1.82, 2.24) is 10.2 Å². The summed E-state index contributed by atoms with van der Waals surface area (Å²) >= 11 is -0.111. The SMILES string of the molecule is O=C(C1CCCNC1)N(Cc1cccc(SC(F)(F)F)c1)C1CC1. The average molecular weight is 358 g/mol. The Bertz CT molecular complexity index is 583. The third kappa shape index (κ3) is 4.89. The van der Waals surface area contributed by atoms with Gasteiger partial charge in [-0.15, -0.1) is 0 Å². The van der Waals surface area contributed by atoms with E-state index in [2.05, 4.69) is 5.32 Å². The van der Waals surface area contributed by atoms with Crippen LogP contribution in [0.5, 0.6) is 0 Å². The highest BCUT2D eigenvalue weighted by atomic mass is 32.2. The molecular formula is C17H21F3N2OS. The monoisotopic (exact) mass is 358 g/mol. The Balaban J connectivity index is 1.69. The Morgan fingerprint density at radius 2 is 2.08 bits per heavy atom. The number of amides is 1. The molecule has 0 radical (unpaired) electrons. The molecule has 0 bridgehead atoms. The Morgan fingerprint density at radius 3 is 2.71 bits per heavy atom. The molecular weight excluding hydrogens is 337 g/mol. The molecule has 1 atom stereocenters. The first kappa shape index (κ1) is 17.6. The van der Waals surface area contributed by atoms with Crippen LogP contribution < -0.4 is 5.32 Å². The highest BCUT2D eigenvalue weighted by Gasteiger charge is 2.36. The Hall–Kier alpha value is -1.21. The lowest BCUT2D eigenvalue weighted by Crippen LogP contribution is -2.43. The Labute approximate surface area is 144 Å². The topological polar surface area (TPSA) is 32.3 Å². The lowest BCUT2D eigenvalue weighted by atomic mass is 9.97. The summed E-state index contributed by atoms with van der Waals surface area (Å²) in [4.78, 5) is 14.8. The van der Waals surface area contributed by atoms with E-state index in [1.54, 1.807) is 18.2 Å². The van der Waals surface area contributed by atoms with Crippen molar-refractivity contribution in [3.8, 4) is 0 Å². The smallest absolute Gasteiger partial charge is 0.335 e. The van der Waals surface area contributed by atoms with Crippen molar-refractivity contribution < 1.29 is 18.0 Å². The predicted octanol–water partition coefficient (Wildman–Crippen LogP) is 3.79. The van der Waals surface area contributed by atoms with E-state index in [1.165, 1.54) is 6.07 Å². The number of alkyl halides is 3. The van der Waals surface area contributed by atoms with E-state index in [0.717, 1.165) is 37.8 Å². The maximum atomic E-state index is 12.8. The van der Waals surface area contributed by atoms with Crippen molar-refractivity contribution in [2.45, 2.75) is 48.7 Å². The molecule has 1 heterocycles. The minimum Gasteiger partial charge on any atom is -0.335 e. The van der Waals surface area contributed by atoms with Crippen molar-refractivity contribution in [1.29, 1.82) is 0 Å². The van der Waals surface area contributed by atoms with Gasteiger partial charge in [0.1, 0.15) is 0 Å². The van der Waals surface area contributed by atoms with Gasteiger partial charge in [-0.2, -0.15) is 13.2 Å². The van der Waals surface area contributed by atoms with Crippen molar-refractivity contribution >= 4 is 17.7 Å². The van der Waals surface area contributed by atoms with E-state index < -0.39 is 5.51 Å². The number of thioether (sulfide) groups is 1.